The minimum atomic E-state index is -0.197. The second kappa shape index (κ2) is 5.11. The van der Waals surface area contributed by atoms with E-state index < -0.39 is 0 Å². The van der Waals surface area contributed by atoms with Crippen LogP contribution in [0.2, 0.25) is 0 Å². The molecule has 1 aromatic heterocycles. The van der Waals surface area contributed by atoms with Crippen molar-refractivity contribution in [3.05, 3.63) is 34.7 Å². The van der Waals surface area contributed by atoms with E-state index in [1.54, 1.807) is 11.3 Å². The van der Waals surface area contributed by atoms with Gasteiger partial charge in [0, 0.05) is 10.4 Å². The van der Waals surface area contributed by atoms with E-state index in [1.807, 2.05) is 6.07 Å². The molecule has 0 saturated carbocycles. The maximum Gasteiger partial charge on any atom is 0.239 e. The molecular weight excluding hydrogens is 258 g/mol. The molecule has 3 N–H and O–H groups in total. The van der Waals surface area contributed by atoms with Gasteiger partial charge in [0.25, 0.3) is 0 Å². The van der Waals surface area contributed by atoms with Crippen LogP contribution in [0.4, 0.5) is 5.13 Å². The molecule has 0 fully saturated rings. The van der Waals surface area contributed by atoms with Crippen LogP contribution in [0.15, 0.2) is 24.3 Å². The number of amides is 1. The summed E-state index contributed by atoms with van der Waals surface area (Å²) in [5.74, 6) is -0.197. The van der Waals surface area contributed by atoms with Gasteiger partial charge in [-0.15, -0.1) is 11.3 Å². The molecule has 5 heteroatoms. The normalized spacial score (nSPS) is 13.3. The van der Waals surface area contributed by atoms with Crippen LogP contribution in [0.1, 0.15) is 16.9 Å². The lowest BCUT2D eigenvalue weighted by Gasteiger charge is -2.03. The van der Waals surface area contributed by atoms with Gasteiger partial charge in [-0.2, -0.15) is 0 Å². The third-order valence-corrected chi connectivity index (χ3v) is 4.28. The quantitative estimate of drug-likeness (QED) is 0.881. The Morgan fingerprint density at radius 2 is 2.21 bits per heavy atom. The molecule has 0 aliphatic heterocycles. The molecule has 0 unspecified atom stereocenters. The lowest BCUT2D eigenvalue weighted by atomic mass is 10.0. The second-order valence-corrected chi connectivity index (χ2v) is 5.64. The summed E-state index contributed by atoms with van der Waals surface area (Å²) < 4.78 is 0. The Morgan fingerprint density at radius 1 is 1.37 bits per heavy atom. The first-order chi connectivity index (χ1) is 9.28. The highest BCUT2D eigenvalue weighted by molar-refractivity contribution is 7.16. The fourth-order valence-electron chi connectivity index (χ4n) is 2.36. The highest BCUT2D eigenvalue weighted by Crippen LogP contribution is 2.36. The summed E-state index contributed by atoms with van der Waals surface area (Å²) in [5.41, 5.74) is 8.86. The highest BCUT2D eigenvalue weighted by Gasteiger charge is 2.19. The first-order valence-corrected chi connectivity index (χ1v) is 7.17. The Kier molecular flexibility index (Phi) is 3.31. The van der Waals surface area contributed by atoms with Crippen LogP contribution >= 0.6 is 11.3 Å². The Labute approximate surface area is 115 Å². The lowest BCUT2D eigenvalue weighted by molar-refractivity contribution is -0.114. The average molecular weight is 273 g/mol. The number of nitrogens with two attached hydrogens (primary N) is 1. The first-order valence-electron chi connectivity index (χ1n) is 6.36. The summed E-state index contributed by atoms with van der Waals surface area (Å²) in [5, 5.41) is 3.39. The van der Waals surface area contributed by atoms with E-state index in [1.165, 1.54) is 16.0 Å². The fourth-order valence-corrected chi connectivity index (χ4v) is 3.40. The third-order valence-electron chi connectivity index (χ3n) is 3.25. The topological polar surface area (TPSA) is 68.0 Å². The molecule has 98 valence electrons. The number of hydrogen-bond acceptors (Lipinski definition) is 4. The molecule has 0 saturated heterocycles. The fraction of sp³-hybridized carbons (Fsp3) is 0.286. The van der Waals surface area contributed by atoms with Gasteiger partial charge in [-0.05, 0) is 24.8 Å². The van der Waals surface area contributed by atoms with Gasteiger partial charge in [-0.3, -0.25) is 4.79 Å². The summed E-state index contributed by atoms with van der Waals surface area (Å²) in [4.78, 5) is 17.2. The summed E-state index contributed by atoms with van der Waals surface area (Å²) in [6, 6.07) is 8.36. The number of carbonyl (C=O) groups excluding carboxylic acids is 1. The second-order valence-electron chi connectivity index (χ2n) is 4.55. The van der Waals surface area contributed by atoms with Crippen molar-refractivity contribution in [1.29, 1.82) is 0 Å². The van der Waals surface area contributed by atoms with Gasteiger partial charge in [-0.1, -0.05) is 24.3 Å². The largest absolute Gasteiger partial charge is 0.322 e. The van der Waals surface area contributed by atoms with Crippen molar-refractivity contribution in [3.63, 3.8) is 0 Å². The highest BCUT2D eigenvalue weighted by atomic mass is 32.1. The van der Waals surface area contributed by atoms with Crippen molar-refractivity contribution in [2.45, 2.75) is 19.3 Å². The van der Waals surface area contributed by atoms with Crippen LogP contribution in [-0.2, 0) is 17.6 Å². The molecule has 0 spiro atoms. The van der Waals surface area contributed by atoms with Crippen LogP contribution < -0.4 is 11.1 Å². The maximum atomic E-state index is 11.3. The van der Waals surface area contributed by atoms with Gasteiger partial charge in [0.05, 0.1) is 12.2 Å². The zero-order valence-corrected chi connectivity index (χ0v) is 11.3. The predicted octanol–water partition coefficient (Wildman–Crippen LogP) is 2.20. The van der Waals surface area contributed by atoms with E-state index in [0.717, 1.165) is 25.0 Å². The molecule has 3 rings (SSSR count). The average Bonchev–Trinajstić information content (AvgIpc) is 2.74. The number of hydrogen-bond donors (Lipinski definition) is 2. The van der Waals surface area contributed by atoms with Gasteiger partial charge < -0.3 is 11.1 Å². The standard InChI is InChI=1S/C14H15N3OS/c15-8-12(18)16-14-17-13-10-6-2-1-4-9(10)5-3-7-11(13)19-14/h1-2,4,6H,3,5,7-8,15H2,(H,16,17,18). The molecule has 1 amide bonds. The van der Waals surface area contributed by atoms with E-state index in [-0.39, 0.29) is 12.5 Å². The van der Waals surface area contributed by atoms with E-state index in [2.05, 4.69) is 28.5 Å². The minimum Gasteiger partial charge on any atom is -0.322 e. The van der Waals surface area contributed by atoms with Crippen molar-refractivity contribution in [3.8, 4) is 11.3 Å². The summed E-state index contributed by atoms with van der Waals surface area (Å²) >= 11 is 1.56. The van der Waals surface area contributed by atoms with Crippen LogP contribution in [-0.4, -0.2) is 17.4 Å². The zero-order chi connectivity index (χ0) is 13.2. The summed E-state index contributed by atoms with van der Waals surface area (Å²) in [7, 11) is 0. The number of thiazole rings is 1. The molecule has 19 heavy (non-hydrogen) atoms. The van der Waals surface area contributed by atoms with E-state index in [4.69, 9.17) is 5.73 Å². The van der Waals surface area contributed by atoms with Crippen LogP contribution in [0.3, 0.4) is 0 Å². The number of fused-ring (bicyclic) bond motifs is 3. The van der Waals surface area contributed by atoms with E-state index in [9.17, 15) is 4.79 Å². The Morgan fingerprint density at radius 3 is 3.05 bits per heavy atom. The number of carbonyl (C=O) groups is 1. The minimum absolute atomic E-state index is 0.0131. The molecule has 0 atom stereocenters. The molecule has 1 aliphatic carbocycles. The number of anilines is 1. The summed E-state index contributed by atoms with van der Waals surface area (Å²) in [6.07, 6.45) is 3.22. The number of nitrogens with zero attached hydrogens (tertiary/aromatic N) is 1. The predicted molar refractivity (Wildman–Crippen MR) is 77.3 cm³/mol. The number of nitrogens with one attached hydrogen (secondary N) is 1. The maximum absolute atomic E-state index is 11.3. The molecule has 4 nitrogen and oxygen atoms in total. The molecule has 0 radical (unpaired) electrons. The van der Waals surface area contributed by atoms with Gasteiger partial charge >= 0.3 is 0 Å². The molecule has 2 aromatic rings. The Bertz CT molecular complexity index is 621. The number of benzene rings is 1. The van der Waals surface area contributed by atoms with Gasteiger partial charge in [0.1, 0.15) is 0 Å². The third kappa shape index (κ3) is 2.39. The van der Waals surface area contributed by atoms with Crippen molar-refractivity contribution in [1.82, 2.24) is 4.98 Å². The van der Waals surface area contributed by atoms with Gasteiger partial charge in [0.15, 0.2) is 5.13 Å². The molecular formula is C14H15N3OS. The zero-order valence-electron chi connectivity index (χ0n) is 10.5. The van der Waals surface area contributed by atoms with E-state index in [0.29, 0.717) is 5.13 Å². The monoisotopic (exact) mass is 273 g/mol. The van der Waals surface area contributed by atoms with Crippen LogP contribution in [0.5, 0.6) is 0 Å². The lowest BCUT2D eigenvalue weighted by Crippen LogP contribution is -2.21. The van der Waals surface area contributed by atoms with Crippen molar-refractivity contribution in [2.24, 2.45) is 5.73 Å². The molecule has 0 bridgehead atoms. The van der Waals surface area contributed by atoms with Crippen LogP contribution in [0.25, 0.3) is 11.3 Å². The Balaban J connectivity index is 2.02. The van der Waals surface area contributed by atoms with E-state index >= 15 is 0 Å². The SMILES string of the molecule is NCC(=O)Nc1nc2c(s1)CCCc1ccccc1-2. The summed E-state index contributed by atoms with van der Waals surface area (Å²) in [6.45, 7) is -0.0131. The first kappa shape index (κ1) is 12.3. The Hall–Kier alpha value is -1.72. The molecule has 1 heterocycles. The van der Waals surface area contributed by atoms with Gasteiger partial charge in [0.2, 0.25) is 5.91 Å². The molecule has 1 aliphatic rings. The molecule has 1 aromatic carbocycles. The number of aryl methyl sites for hydroxylation is 2. The van der Waals surface area contributed by atoms with Crippen molar-refractivity contribution >= 4 is 22.4 Å². The number of aromatic nitrogens is 1. The van der Waals surface area contributed by atoms with Gasteiger partial charge in [-0.25, -0.2) is 4.98 Å². The van der Waals surface area contributed by atoms with Crippen molar-refractivity contribution in [2.75, 3.05) is 11.9 Å². The van der Waals surface area contributed by atoms with Crippen molar-refractivity contribution < 1.29 is 4.79 Å². The number of rotatable bonds is 2. The smallest absolute Gasteiger partial charge is 0.239 e. The van der Waals surface area contributed by atoms with Crippen LogP contribution in [0, 0.1) is 0 Å².